The van der Waals surface area contributed by atoms with E-state index < -0.39 is 5.79 Å². The summed E-state index contributed by atoms with van der Waals surface area (Å²) >= 11 is 0. The van der Waals surface area contributed by atoms with Gasteiger partial charge in [-0.3, -0.25) is 0 Å². The SMILES string of the molecule is COc1ccc(CCC2(CCn3ccnc3)OCC(C)O2)cc1. The van der Waals surface area contributed by atoms with E-state index in [2.05, 4.69) is 28.6 Å². The number of hydrogen-bond donors (Lipinski definition) is 0. The highest BCUT2D eigenvalue weighted by Gasteiger charge is 2.39. The van der Waals surface area contributed by atoms with Crippen LogP contribution in [0.5, 0.6) is 5.75 Å². The maximum atomic E-state index is 6.13. The van der Waals surface area contributed by atoms with Crippen molar-refractivity contribution >= 4 is 0 Å². The van der Waals surface area contributed by atoms with Gasteiger partial charge >= 0.3 is 0 Å². The fourth-order valence-corrected chi connectivity index (χ4v) is 2.94. The third kappa shape index (κ3) is 4.12. The Kier molecular flexibility index (Phi) is 4.98. The van der Waals surface area contributed by atoms with Crippen molar-refractivity contribution < 1.29 is 14.2 Å². The second-order valence-electron chi connectivity index (χ2n) is 6.05. The number of imidazole rings is 1. The molecule has 124 valence electrons. The van der Waals surface area contributed by atoms with Gasteiger partial charge in [0.2, 0.25) is 0 Å². The van der Waals surface area contributed by atoms with Crippen LogP contribution in [-0.4, -0.2) is 35.2 Å². The van der Waals surface area contributed by atoms with Gasteiger partial charge < -0.3 is 18.8 Å². The lowest BCUT2D eigenvalue weighted by atomic mass is 10.0. The summed E-state index contributed by atoms with van der Waals surface area (Å²) < 4.78 is 19.4. The molecular formula is C18H24N2O3. The van der Waals surface area contributed by atoms with E-state index in [0.717, 1.165) is 31.6 Å². The molecule has 0 spiro atoms. The maximum Gasteiger partial charge on any atom is 0.170 e. The average Bonchev–Trinajstić information content (AvgIpc) is 3.22. The molecule has 2 atom stereocenters. The highest BCUT2D eigenvalue weighted by molar-refractivity contribution is 5.27. The summed E-state index contributed by atoms with van der Waals surface area (Å²) in [5.74, 6) is 0.384. The molecule has 3 rings (SSSR count). The molecule has 5 nitrogen and oxygen atoms in total. The zero-order valence-electron chi connectivity index (χ0n) is 13.8. The van der Waals surface area contributed by atoms with Crippen LogP contribution in [0.25, 0.3) is 0 Å². The van der Waals surface area contributed by atoms with Gasteiger partial charge in [0.05, 0.1) is 26.1 Å². The first-order chi connectivity index (χ1) is 11.2. The highest BCUT2D eigenvalue weighted by atomic mass is 16.7. The third-order valence-electron chi connectivity index (χ3n) is 4.26. The van der Waals surface area contributed by atoms with Crippen molar-refractivity contribution in [1.29, 1.82) is 0 Å². The molecule has 2 unspecified atom stereocenters. The zero-order chi connectivity index (χ0) is 16.1. The van der Waals surface area contributed by atoms with Gasteiger partial charge in [-0.1, -0.05) is 12.1 Å². The molecule has 0 amide bonds. The summed E-state index contributed by atoms with van der Waals surface area (Å²) in [7, 11) is 1.68. The molecular weight excluding hydrogens is 292 g/mol. The zero-order valence-corrected chi connectivity index (χ0v) is 13.8. The standard InChI is InChI=1S/C18H24N2O3/c1-15-13-22-18(23-15,9-11-20-12-10-19-14-20)8-7-16-3-5-17(21-2)6-4-16/h3-6,10,12,14-15H,7-9,11,13H2,1-2H3. The predicted octanol–water partition coefficient (Wildman–Crippen LogP) is 3.05. The minimum Gasteiger partial charge on any atom is -0.497 e. The van der Waals surface area contributed by atoms with Crippen LogP contribution >= 0.6 is 0 Å². The van der Waals surface area contributed by atoms with Crippen LogP contribution in [0.3, 0.4) is 0 Å². The molecule has 0 bridgehead atoms. The number of aromatic nitrogens is 2. The summed E-state index contributed by atoms with van der Waals surface area (Å²) in [5.41, 5.74) is 1.26. The first kappa shape index (κ1) is 16.0. The van der Waals surface area contributed by atoms with Gasteiger partial charge in [0.15, 0.2) is 5.79 Å². The topological polar surface area (TPSA) is 45.5 Å². The van der Waals surface area contributed by atoms with Crippen molar-refractivity contribution in [1.82, 2.24) is 9.55 Å². The highest BCUT2D eigenvalue weighted by Crippen LogP contribution is 2.32. The number of aryl methyl sites for hydroxylation is 2. The molecule has 1 saturated heterocycles. The molecule has 1 aliphatic rings. The normalized spacial score (nSPS) is 24.0. The van der Waals surface area contributed by atoms with Gasteiger partial charge in [-0.05, 0) is 31.0 Å². The van der Waals surface area contributed by atoms with Crippen molar-refractivity contribution in [2.24, 2.45) is 0 Å². The Hall–Kier alpha value is -1.85. The number of methoxy groups -OCH3 is 1. The third-order valence-corrected chi connectivity index (χ3v) is 4.26. The van der Waals surface area contributed by atoms with Gasteiger partial charge in [0.25, 0.3) is 0 Å². The second kappa shape index (κ2) is 7.15. The molecule has 1 aromatic carbocycles. The smallest absolute Gasteiger partial charge is 0.170 e. The monoisotopic (exact) mass is 316 g/mol. The van der Waals surface area contributed by atoms with Gasteiger partial charge in [-0.15, -0.1) is 0 Å². The predicted molar refractivity (Wildman–Crippen MR) is 87.4 cm³/mol. The quantitative estimate of drug-likeness (QED) is 0.787. The van der Waals surface area contributed by atoms with Crippen LogP contribution < -0.4 is 4.74 Å². The van der Waals surface area contributed by atoms with Gasteiger partial charge in [0.1, 0.15) is 5.75 Å². The van der Waals surface area contributed by atoms with Crippen molar-refractivity contribution in [2.45, 2.75) is 44.6 Å². The largest absolute Gasteiger partial charge is 0.497 e. The molecule has 0 saturated carbocycles. The first-order valence-corrected chi connectivity index (χ1v) is 8.09. The molecule has 0 aliphatic carbocycles. The van der Waals surface area contributed by atoms with E-state index in [1.807, 2.05) is 24.7 Å². The van der Waals surface area contributed by atoms with Crippen LogP contribution in [0.2, 0.25) is 0 Å². The van der Waals surface area contributed by atoms with E-state index >= 15 is 0 Å². The molecule has 5 heteroatoms. The van der Waals surface area contributed by atoms with E-state index in [1.165, 1.54) is 5.56 Å². The lowest BCUT2D eigenvalue weighted by Crippen LogP contribution is -2.33. The minimum absolute atomic E-state index is 0.147. The number of rotatable bonds is 7. The molecule has 1 fully saturated rings. The lowest BCUT2D eigenvalue weighted by Gasteiger charge is -2.28. The van der Waals surface area contributed by atoms with E-state index in [-0.39, 0.29) is 6.10 Å². The van der Waals surface area contributed by atoms with Crippen molar-refractivity contribution in [3.8, 4) is 5.75 Å². The van der Waals surface area contributed by atoms with E-state index in [1.54, 1.807) is 13.3 Å². The Balaban J connectivity index is 1.61. The fourth-order valence-electron chi connectivity index (χ4n) is 2.94. The summed E-state index contributed by atoms with van der Waals surface area (Å²) in [6.45, 7) is 3.56. The summed E-state index contributed by atoms with van der Waals surface area (Å²) in [6.07, 6.45) is 8.32. The minimum atomic E-state index is -0.496. The Labute approximate surface area is 137 Å². The van der Waals surface area contributed by atoms with E-state index in [9.17, 15) is 0 Å². The molecule has 0 radical (unpaired) electrons. The Bertz CT molecular complexity index is 597. The first-order valence-electron chi connectivity index (χ1n) is 8.09. The molecule has 2 aromatic rings. The lowest BCUT2D eigenvalue weighted by molar-refractivity contribution is -0.177. The average molecular weight is 316 g/mol. The second-order valence-corrected chi connectivity index (χ2v) is 6.05. The Morgan fingerprint density at radius 1 is 1.30 bits per heavy atom. The number of hydrogen-bond acceptors (Lipinski definition) is 4. The number of ether oxygens (including phenoxy) is 3. The number of nitrogens with zero attached hydrogens (tertiary/aromatic N) is 2. The van der Waals surface area contributed by atoms with Crippen molar-refractivity contribution in [3.05, 3.63) is 48.5 Å². The van der Waals surface area contributed by atoms with Crippen LogP contribution in [0.1, 0.15) is 25.3 Å². The van der Waals surface area contributed by atoms with Crippen LogP contribution in [0, 0.1) is 0 Å². The molecule has 1 aromatic heterocycles. The van der Waals surface area contributed by atoms with Gasteiger partial charge in [-0.25, -0.2) is 4.98 Å². The van der Waals surface area contributed by atoms with Crippen LogP contribution in [0.4, 0.5) is 0 Å². The molecule has 1 aliphatic heterocycles. The van der Waals surface area contributed by atoms with Crippen molar-refractivity contribution in [2.75, 3.05) is 13.7 Å². The van der Waals surface area contributed by atoms with Gasteiger partial charge in [-0.2, -0.15) is 0 Å². The Morgan fingerprint density at radius 2 is 2.13 bits per heavy atom. The maximum absolute atomic E-state index is 6.13. The Morgan fingerprint density at radius 3 is 2.74 bits per heavy atom. The van der Waals surface area contributed by atoms with E-state index in [0.29, 0.717) is 6.61 Å². The van der Waals surface area contributed by atoms with Crippen molar-refractivity contribution in [3.63, 3.8) is 0 Å². The fraction of sp³-hybridized carbons (Fsp3) is 0.500. The van der Waals surface area contributed by atoms with E-state index in [4.69, 9.17) is 14.2 Å². The summed E-state index contributed by atoms with van der Waals surface area (Å²) in [5, 5.41) is 0. The summed E-state index contributed by atoms with van der Waals surface area (Å²) in [4.78, 5) is 4.08. The van der Waals surface area contributed by atoms with Crippen LogP contribution in [-0.2, 0) is 22.4 Å². The van der Waals surface area contributed by atoms with Gasteiger partial charge in [0, 0.05) is 31.8 Å². The molecule has 0 N–H and O–H groups in total. The summed E-state index contributed by atoms with van der Waals surface area (Å²) in [6, 6.07) is 8.18. The molecule has 2 heterocycles. The number of benzene rings is 1. The van der Waals surface area contributed by atoms with Crippen LogP contribution in [0.15, 0.2) is 43.0 Å². The molecule has 23 heavy (non-hydrogen) atoms.